The maximum Gasteiger partial charge on any atom is 0.0642 e. The van der Waals surface area contributed by atoms with Gasteiger partial charge in [0, 0.05) is 37.8 Å². The Bertz CT molecular complexity index is 511. The van der Waals surface area contributed by atoms with Crippen molar-refractivity contribution in [2.45, 2.75) is 44.8 Å². The lowest BCUT2D eigenvalue weighted by Gasteiger charge is -2.47. The SMILES string of the molecule is CN1CCN(c2c(Cl)cccc2CNC2CC2)CC1(C)C. The minimum absolute atomic E-state index is 0.179. The minimum Gasteiger partial charge on any atom is -0.367 e. The zero-order valence-corrected chi connectivity index (χ0v) is 14.1. The molecule has 3 nitrogen and oxygen atoms in total. The van der Waals surface area contributed by atoms with Crippen molar-refractivity contribution in [3.05, 3.63) is 28.8 Å². The van der Waals surface area contributed by atoms with Gasteiger partial charge in [0.15, 0.2) is 0 Å². The quantitative estimate of drug-likeness (QED) is 0.922. The van der Waals surface area contributed by atoms with Gasteiger partial charge in [0.25, 0.3) is 0 Å². The third kappa shape index (κ3) is 3.36. The predicted molar refractivity (Wildman–Crippen MR) is 90.2 cm³/mol. The van der Waals surface area contributed by atoms with Crippen LogP contribution in [-0.2, 0) is 6.54 Å². The molecule has 1 aromatic carbocycles. The highest BCUT2D eigenvalue weighted by atomic mass is 35.5. The van der Waals surface area contributed by atoms with E-state index in [1.54, 1.807) is 0 Å². The summed E-state index contributed by atoms with van der Waals surface area (Å²) in [6.45, 7) is 8.67. The smallest absolute Gasteiger partial charge is 0.0642 e. The van der Waals surface area contributed by atoms with Crippen LogP contribution in [0.1, 0.15) is 32.3 Å². The van der Waals surface area contributed by atoms with Gasteiger partial charge in [-0.2, -0.15) is 0 Å². The Morgan fingerprint density at radius 2 is 2.05 bits per heavy atom. The molecule has 4 heteroatoms. The monoisotopic (exact) mass is 307 g/mol. The van der Waals surface area contributed by atoms with Gasteiger partial charge in [-0.1, -0.05) is 23.7 Å². The molecule has 2 aliphatic rings. The summed E-state index contributed by atoms with van der Waals surface area (Å²) in [5.74, 6) is 0. The molecule has 1 saturated carbocycles. The maximum atomic E-state index is 6.54. The molecule has 0 spiro atoms. The second-order valence-electron chi connectivity index (χ2n) is 7.06. The van der Waals surface area contributed by atoms with Gasteiger partial charge in [-0.25, -0.2) is 0 Å². The molecule has 0 unspecified atom stereocenters. The van der Waals surface area contributed by atoms with Crippen LogP contribution in [0, 0.1) is 0 Å². The first-order valence-electron chi connectivity index (χ1n) is 7.94. The number of hydrogen-bond donors (Lipinski definition) is 1. The third-order valence-corrected chi connectivity index (χ3v) is 5.17. The molecule has 0 aromatic heterocycles. The van der Waals surface area contributed by atoms with Crippen LogP contribution in [0.15, 0.2) is 18.2 Å². The third-order valence-electron chi connectivity index (χ3n) is 4.86. The normalized spacial score (nSPS) is 22.6. The Labute approximate surface area is 133 Å². The molecule has 0 bridgehead atoms. The van der Waals surface area contributed by atoms with E-state index in [0.29, 0.717) is 0 Å². The Balaban J connectivity index is 1.82. The Kier molecular flexibility index (Phi) is 4.17. The van der Waals surface area contributed by atoms with Crippen LogP contribution in [0.3, 0.4) is 0 Å². The molecule has 0 radical (unpaired) electrons. The highest BCUT2D eigenvalue weighted by Crippen LogP contribution is 2.34. The molecule has 21 heavy (non-hydrogen) atoms. The molecule has 1 aliphatic carbocycles. The van der Waals surface area contributed by atoms with Crippen molar-refractivity contribution < 1.29 is 0 Å². The maximum absolute atomic E-state index is 6.54. The number of anilines is 1. The average Bonchev–Trinajstić information content (AvgIpc) is 3.24. The zero-order valence-electron chi connectivity index (χ0n) is 13.3. The van der Waals surface area contributed by atoms with Gasteiger partial charge in [-0.05, 0) is 45.4 Å². The van der Waals surface area contributed by atoms with Gasteiger partial charge in [-0.3, -0.25) is 4.90 Å². The van der Waals surface area contributed by atoms with Gasteiger partial charge < -0.3 is 10.2 Å². The summed E-state index contributed by atoms with van der Waals surface area (Å²) >= 11 is 6.54. The van der Waals surface area contributed by atoms with Crippen LogP contribution in [-0.4, -0.2) is 43.2 Å². The van der Waals surface area contributed by atoms with E-state index >= 15 is 0 Å². The minimum atomic E-state index is 0.179. The average molecular weight is 308 g/mol. The van der Waals surface area contributed by atoms with Crippen molar-refractivity contribution in [3.8, 4) is 0 Å². The molecule has 2 fully saturated rings. The first-order valence-corrected chi connectivity index (χ1v) is 8.32. The molecule has 116 valence electrons. The molecule has 1 saturated heterocycles. The van der Waals surface area contributed by atoms with Crippen molar-refractivity contribution in [1.82, 2.24) is 10.2 Å². The fraction of sp³-hybridized carbons (Fsp3) is 0.647. The topological polar surface area (TPSA) is 18.5 Å². The van der Waals surface area contributed by atoms with Crippen LogP contribution in [0.2, 0.25) is 5.02 Å². The Morgan fingerprint density at radius 3 is 2.71 bits per heavy atom. The first kappa shape index (κ1) is 15.1. The number of likely N-dealkylation sites (N-methyl/N-ethyl adjacent to an activating group) is 1. The molecule has 1 heterocycles. The number of nitrogens with one attached hydrogen (secondary N) is 1. The number of hydrogen-bond acceptors (Lipinski definition) is 3. The molecule has 1 aliphatic heterocycles. The first-order chi connectivity index (χ1) is 9.97. The van der Waals surface area contributed by atoms with Gasteiger partial charge in [-0.15, -0.1) is 0 Å². The van der Waals surface area contributed by atoms with E-state index in [9.17, 15) is 0 Å². The lowest BCUT2D eigenvalue weighted by atomic mass is 9.98. The summed E-state index contributed by atoms with van der Waals surface area (Å²) in [7, 11) is 2.21. The van der Waals surface area contributed by atoms with E-state index < -0.39 is 0 Å². The highest BCUT2D eigenvalue weighted by Gasteiger charge is 2.32. The number of para-hydroxylation sites is 1. The fourth-order valence-electron chi connectivity index (χ4n) is 3.03. The van der Waals surface area contributed by atoms with E-state index in [4.69, 9.17) is 11.6 Å². The summed E-state index contributed by atoms with van der Waals surface area (Å²) < 4.78 is 0. The highest BCUT2D eigenvalue weighted by molar-refractivity contribution is 6.33. The van der Waals surface area contributed by atoms with Gasteiger partial charge in [0.2, 0.25) is 0 Å². The number of nitrogens with zero attached hydrogens (tertiary/aromatic N) is 2. The van der Waals surface area contributed by atoms with Crippen molar-refractivity contribution in [3.63, 3.8) is 0 Å². The molecule has 0 amide bonds. The summed E-state index contributed by atoms with van der Waals surface area (Å²) in [6, 6.07) is 7.02. The van der Waals surface area contributed by atoms with Crippen molar-refractivity contribution in [2.75, 3.05) is 31.6 Å². The van der Waals surface area contributed by atoms with Gasteiger partial charge >= 0.3 is 0 Å². The largest absolute Gasteiger partial charge is 0.367 e. The van der Waals surface area contributed by atoms with E-state index in [0.717, 1.165) is 37.2 Å². The Morgan fingerprint density at radius 1 is 1.29 bits per heavy atom. The van der Waals surface area contributed by atoms with Gasteiger partial charge in [0.05, 0.1) is 10.7 Å². The second-order valence-corrected chi connectivity index (χ2v) is 7.47. The zero-order chi connectivity index (χ0) is 15.0. The van der Waals surface area contributed by atoms with Crippen LogP contribution in [0.5, 0.6) is 0 Å². The molecular weight excluding hydrogens is 282 g/mol. The van der Waals surface area contributed by atoms with E-state index in [1.165, 1.54) is 24.1 Å². The Hall–Kier alpha value is -0.770. The van der Waals surface area contributed by atoms with Crippen molar-refractivity contribution in [2.24, 2.45) is 0 Å². The number of rotatable bonds is 4. The summed E-state index contributed by atoms with van der Waals surface area (Å²) in [6.07, 6.45) is 2.63. The van der Waals surface area contributed by atoms with E-state index in [2.05, 4.69) is 48.1 Å². The number of halogens is 1. The van der Waals surface area contributed by atoms with E-state index in [1.807, 2.05) is 6.07 Å². The number of benzene rings is 1. The van der Waals surface area contributed by atoms with E-state index in [-0.39, 0.29) is 5.54 Å². The van der Waals surface area contributed by atoms with Crippen LogP contribution >= 0.6 is 11.6 Å². The van der Waals surface area contributed by atoms with Crippen LogP contribution < -0.4 is 10.2 Å². The van der Waals surface area contributed by atoms with Crippen LogP contribution in [0.4, 0.5) is 5.69 Å². The van der Waals surface area contributed by atoms with Crippen LogP contribution in [0.25, 0.3) is 0 Å². The predicted octanol–water partition coefficient (Wildman–Crippen LogP) is 3.12. The summed E-state index contributed by atoms with van der Waals surface area (Å²) in [4.78, 5) is 4.90. The molecule has 0 atom stereocenters. The lowest BCUT2D eigenvalue weighted by Crippen LogP contribution is -2.58. The van der Waals surface area contributed by atoms with Crippen molar-refractivity contribution >= 4 is 17.3 Å². The summed E-state index contributed by atoms with van der Waals surface area (Å²) in [5, 5.41) is 4.49. The van der Waals surface area contributed by atoms with Crippen molar-refractivity contribution in [1.29, 1.82) is 0 Å². The second kappa shape index (κ2) is 5.79. The summed E-state index contributed by atoms with van der Waals surface area (Å²) in [5.41, 5.74) is 2.74. The molecule has 3 rings (SSSR count). The molecule has 1 aromatic rings. The number of piperazine rings is 1. The molecule has 1 N–H and O–H groups in total. The fourth-order valence-corrected chi connectivity index (χ4v) is 3.34. The molecular formula is C17H26ClN3. The van der Waals surface area contributed by atoms with Gasteiger partial charge in [0.1, 0.15) is 0 Å². The lowest BCUT2D eigenvalue weighted by molar-refractivity contribution is 0.139. The standard InChI is InChI=1S/C17H26ClN3/c1-17(2)12-21(10-9-20(17)3)16-13(5-4-6-15(16)18)11-19-14-7-8-14/h4-6,14,19H,7-12H2,1-3H3.